The molecule has 2 N–H and O–H groups in total. The van der Waals surface area contributed by atoms with E-state index in [2.05, 4.69) is 15.3 Å². The first-order chi connectivity index (χ1) is 10.1. The Bertz CT molecular complexity index is 892. The number of nitrogens with one attached hydrogen (secondary N) is 2. The lowest BCUT2D eigenvalue weighted by atomic mass is 10.2. The van der Waals surface area contributed by atoms with Crippen LogP contribution in [-0.4, -0.2) is 27.5 Å². The van der Waals surface area contributed by atoms with E-state index in [0.29, 0.717) is 17.6 Å². The molecule has 0 saturated carbocycles. The number of rotatable bonds is 3. The number of hydrogen-bond acceptors (Lipinski definition) is 3. The molecular formula is C15H16N4O2. The van der Waals surface area contributed by atoms with E-state index in [1.54, 1.807) is 7.05 Å². The lowest BCUT2D eigenvalue weighted by Crippen LogP contribution is -2.25. The molecule has 0 spiro atoms. The first kappa shape index (κ1) is 13.4. The molecule has 3 aromatic rings. The topological polar surface area (TPSA) is 79.8 Å². The van der Waals surface area contributed by atoms with E-state index in [-0.39, 0.29) is 17.9 Å². The fourth-order valence-electron chi connectivity index (χ4n) is 2.41. The zero-order valence-electron chi connectivity index (χ0n) is 11.9. The minimum absolute atomic E-state index is 0.103. The summed E-state index contributed by atoms with van der Waals surface area (Å²) in [6, 6.07) is 5.94. The van der Waals surface area contributed by atoms with Gasteiger partial charge in [-0.05, 0) is 19.1 Å². The smallest absolute Gasteiger partial charge is 0.277 e. The molecular weight excluding hydrogens is 268 g/mol. The van der Waals surface area contributed by atoms with Gasteiger partial charge in [0.1, 0.15) is 11.0 Å². The molecule has 6 nitrogen and oxygen atoms in total. The van der Waals surface area contributed by atoms with Crippen molar-refractivity contribution in [3.8, 4) is 0 Å². The Labute approximate surface area is 120 Å². The number of carbonyl (C=O) groups excluding carboxylic acids is 1. The molecule has 1 aromatic carbocycles. The van der Waals surface area contributed by atoms with Gasteiger partial charge < -0.3 is 10.3 Å². The van der Waals surface area contributed by atoms with Gasteiger partial charge in [0.25, 0.3) is 5.56 Å². The van der Waals surface area contributed by atoms with Crippen LogP contribution in [0.15, 0.2) is 29.3 Å². The second-order valence-electron chi connectivity index (χ2n) is 5.06. The molecule has 3 rings (SSSR count). The van der Waals surface area contributed by atoms with Gasteiger partial charge in [0, 0.05) is 30.9 Å². The van der Waals surface area contributed by atoms with Gasteiger partial charge in [-0.25, -0.2) is 4.98 Å². The van der Waals surface area contributed by atoms with Gasteiger partial charge in [-0.1, -0.05) is 11.6 Å². The Balaban J connectivity index is 2.11. The van der Waals surface area contributed by atoms with Crippen molar-refractivity contribution in [1.29, 1.82) is 0 Å². The Morgan fingerprint density at radius 1 is 1.43 bits per heavy atom. The van der Waals surface area contributed by atoms with Crippen LogP contribution in [-0.2, 0) is 11.3 Å². The normalized spacial score (nSPS) is 11.1. The highest BCUT2D eigenvalue weighted by Gasteiger charge is 2.11. The largest absolute Gasteiger partial charge is 0.359 e. The van der Waals surface area contributed by atoms with Crippen molar-refractivity contribution in [3.05, 3.63) is 40.4 Å². The van der Waals surface area contributed by atoms with Crippen LogP contribution in [0, 0.1) is 6.92 Å². The molecule has 21 heavy (non-hydrogen) atoms. The van der Waals surface area contributed by atoms with E-state index in [9.17, 15) is 9.59 Å². The van der Waals surface area contributed by atoms with Gasteiger partial charge in [0.05, 0.1) is 6.33 Å². The van der Waals surface area contributed by atoms with Crippen LogP contribution in [0.1, 0.15) is 12.0 Å². The van der Waals surface area contributed by atoms with E-state index in [1.165, 1.54) is 10.9 Å². The van der Waals surface area contributed by atoms with Crippen molar-refractivity contribution < 1.29 is 4.79 Å². The summed E-state index contributed by atoms with van der Waals surface area (Å²) in [6.07, 6.45) is 1.76. The lowest BCUT2D eigenvalue weighted by Gasteiger charge is -2.04. The highest BCUT2D eigenvalue weighted by molar-refractivity contribution is 6.04. The zero-order valence-corrected chi connectivity index (χ0v) is 11.9. The molecule has 1 amide bonds. The predicted molar refractivity (Wildman–Crippen MR) is 81.3 cm³/mol. The van der Waals surface area contributed by atoms with Gasteiger partial charge in [0.15, 0.2) is 0 Å². The summed E-state index contributed by atoms with van der Waals surface area (Å²) in [5, 5.41) is 3.48. The maximum absolute atomic E-state index is 12.4. The van der Waals surface area contributed by atoms with Crippen LogP contribution in [0.4, 0.5) is 0 Å². The Morgan fingerprint density at radius 3 is 3.00 bits per heavy atom. The Kier molecular flexibility index (Phi) is 3.21. The zero-order chi connectivity index (χ0) is 15.0. The van der Waals surface area contributed by atoms with Crippen LogP contribution in [0.2, 0.25) is 0 Å². The minimum Gasteiger partial charge on any atom is -0.359 e. The molecule has 0 bridgehead atoms. The molecule has 0 aliphatic carbocycles. The molecule has 0 saturated heterocycles. The fourth-order valence-corrected chi connectivity index (χ4v) is 2.41. The lowest BCUT2D eigenvalue weighted by molar-refractivity contribution is -0.120. The van der Waals surface area contributed by atoms with E-state index >= 15 is 0 Å². The van der Waals surface area contributed by atoms with Crippen LogP contribution < -0.4 is 10.9 Å². The van der Waals surface area contributed by atoms with Gasteiger partial charge in [0.2, 0.25) is 5.91 Å². The van der Waals surface area contributed by atoms with Crippen LogP contribution in [0.3, 0.4) is 0 Å². The third-order valence-electron chi connectivity index (χ3n) is 3.59. The first-order valence-corrected chi connectivity index (χ1v) is 6.78. The number of benzene rings is 1. The Morgan fingerprint density at radius 2 is 2.24 bits per heavy atom. The number of nitrogens with zero attached hydrogens (tertiary/aromatic N) is 2. The summed E-state index contributed by atoms with van der Waals surface area (Å²) in [7, 11) is 1.58. The quantitative estimate of drug-likeness (QED) is 0.761. The van der Waals surface area contributed by atoms with Crippen LogP contribution in [0.25, 0.3) is 21.9 Å². The molecule has 0 atom stereocenters. The van der Waals surface area contributed by atoms with Gasteiger partial charge in [-0.3, -0.25) is 14.2 Å². The number of H-pyrrole nitrogens is 1. The number of fused-ring (bicyclic) bond motifs is 3. The molecule has 6 heteroatoms. The third kappa shape index (κ3) is 2.29. The average Bonchev–Trinajstić information content (AvgIpc) is 2.85. The van der Waals surface area contributed by atoms with Crippen molar-refractivity contribution in [2.45, 2.75) is 19.9 Å². The molecule has 2 aromatic heterocycles. The number of aryl methyl sites for hydroxylation is 2. The van der Waals surface area contributed by atoms with Crippen molar-refractivity contribution in [2.75, 3.05) is 7.05 Å². The molecule has 0 aliphatic heterocycles. The number of aromatic nitrogens is 3. The summed E-state index contributed by atoms with van der Waals surface area (Å²) in [4.78, 5) is 31.2. The molecule has 0 unspecified atom stereocenters. The number of hydrogen-bond donors (Lipinski definition) is 2. The first-order valence-electron chi connectivity index (χ1n) is 6.78. The van der Waals surface area contributed by atoms with Crippen LogP contribution in [0.5, 0.6) is 0 Å². The molecule has 0 aliphatic rings. The summed E-state index contributed by atoms with van der Waals surface area (Å²) in [5.74, 6) is -0.103. The van der Waals surface area contributed by atoms with Gasteiger partial charge in [-0.2, -0.15) is 0 Å². The van der Waals surface area contributed by atoms with Crippen molar-refractivity contribution >= 4 is 27.8 Å². The molecule has 2 heterocycles. The van der Waals surface area contributed by atoms with Gasteiger partial charge >= 0.3 is 0 Å². The second-order valence-corrected chi connectivity index (χ2v) is 5.06. The van der Waals surface area contributed by atoms with E-state index in [1.807, 2.05) is 25.1 Å². The maximum atomic E-state index is 12.4. The number of carbonyl (C=O) groups is 1. The number of amides is 1. The molecule has 108 valence electrons. The molecule has 0 fully saturated rings. The maximum Gasteiger partial charge on any atom is 0.277 e. The standard InChI is InChI=1S/C15H16N4O2/c1-9-3-4-11-10(7-9)13-14(18-11)15(21)19(8-17-13)6-5-12(20)16-2/h3-4,7-8,18H,5-6H2,1-2H3,(H,16,20). The Hall–Kier alpha value is -2.63. The van der Waals surface area contributed by atoms with Crippen molar-refractivity contribution in [3.63, 3.8) is 0 Å². The van der Waals surface area contributed by atoms with Crippen molar-refractivity contribution in [2.24, 2.45) is 0 Å². The third-order valence-corrected chi connectivity index (χ3v) is 3.59. The SMILES string of the molecule is CNC(=O)CCn1cnc2c([nH]c3ccc(C)cc32)c1=O. The van der Waals surface area contributed by atoms with E-state index in [4.69, 9.17) is 0 Å². The highest BCUT2D eigenvalue weighted by Crippen LogP contribution is 2.22. The van der Waals surface area contributed by atoms with E-state index in [0.717, 1.165) is 16.5 Å². The fraction of sp³-hybridized carbons (Fsp3) is 0.267. The minimum atomic E-state index is -0.155. The monoisotopic (exact) mass is 284 g/mol. The van der Waals surface area contributed by atoms with Gasteiger partial charge in [-0.15, -0.1) is 0 Å². The average molecular weight is 284 g/mol. The van der Waals surface area contributed by atoms with Crippen molar-refractivity contribution in [1.82, 2.24) is 19.9 Å². The molecule has 0 radical (unpaired) electrons. The summed E-state index contributed by atoms with van der Waals surface area (Å²) >= 11 is 0. The number of aromatic amines is 1. The summed E-state index contributed by atoms with van der Waals surface area (Å²) < 4.78 is 1.46. The predicted octanol–water partition coefficient (Wildman–Crippen LogP) is 1.32. The van der Waals surface area contributed by atoms with Crippen LogP contribution >= 0.6 is 0 Å². The highest BCUT2D eigenvalue weighted by atomic mass is 16.1. The second kappa shape index (κ2) is 5.05. The summed E-state index contributed by atoms with van der Waals surface area (Å²) in [6.45, 7) is 2.32. The summed E-state index contributed by atoms with van der Waals surface area (Å²) in [5.41, 5.74) is 3.01. The van der Waals surface area contributed by atoms with E-state index < -0.39 is 0 Å².